The van der Waals surface area contributed by atoms with Gasteiger partial charge in [-0.15, -0.1) is 0 Å². The van der Waals surface area contributed by atoms with Crippen molar-refractivity contribution in [3.05, 3.63) is 197 Å². The van der Waals surface area contributed by atoms with E-state index in [1.54, 1.807) is 54.6 Å². The molecule has 15 rings (SSSR count). The lowest BCUT2D eigenvalue weighted by atomic mass is 9.92. The Morgan fingerprint density at radius 2 is 0.500 bits per heavy atom. The number of carbonyl (C=O) groups is 6. The first-order valence-electron chi connectivity index (χ1n) is 28.9. The molecule has 9 aromatic carbocycles. The van der Waals surface area contributed by atoms with Gasteiger partial charge in [0, 0.05) is 139 Å². The van der Waals surface area contributed by atoms with E-state index >= 15 is 0 Å². The minimum absolute atomic E-state index is 0.396. The van der Waals surface area contributed by atoms with Crippen LogP contribution in [0.1, 0.15) is 120 Å². The fraction of sp³-hybridized carbons (Fsp3) is 0.217. The SMILES string of the molecule is O=C1c2cccc3c(N4CCCCC4)ccc(c23)C(=O)N1c1ccc(N(c2ccc(N3C(=O)c4cccc5c(N6CCCCC6)ccc(c45)C3=O)cc2)c2ccc(N3C(=O)c4cccc5c(N6CCCCC6)ccc(c45)C3=O)cc2)cc1. The Hall–Kier alpha value is -9.62. The molecular formula is C69H57N7O6. The standard InChI is InChI=1S/C69H57N7O6/c77-64-52-16-10-13-49-58(70-37-4-1-5-38-70)34-31-55(61(49)52)67(80)74(64)46-25-19-43(20-26-46)73(44-21-27-47(28-22-44)75-65(78)53-17-11-14-50-59(71-39-6-2-7-40-71)35-32-56(62(50)53)68(75)81)45-23-29-48(30-24-45)76-66(79)54-18-12-15-51-60(72-41-8-3-9-42-72)36-33-57(63(51)54)69(76)82/h10-36H,1-9,37-42H2. The molecular weight excluding hydrogens is 1020 g/mol. The summed E-state index contributed by atoms with van der Waals surface area (Å²) >= 11 is 0. The minimum atomic E-state index is -0.402. The third-order valence-electron chi connectivity index (χ3n) is 17.8. The van der Waals surface area contributed by atoms with Crippen molar-refractivity contribution in [2.24, 2.45) is 0 Å². The molecule has 6 amide bonds. The van der Waals surface area contributed by atoms with Crippen molar-refractivity contribution in [2.45, 2.75) is 57.8 Å². The van der Waals surface area contributed by atoms with E-state index < -0.39 is 35.4 Å². The van der Waals surface area contributed by atoms with Crippen LogP contribution in [0.3, 0.4) is 0 Å². The summed E-state index contributed by atoms with van der Waals surface area (Å²) in [6.07, 6.45) is 10.1. The quantitative estimate of drug-likeness (QED) is 0.129. The highest BCUT2D eigenvalue weighted by Crippen LogP contribution is 2.45. The van der Waals surface area contributed by atoms with Crippen molar-refractivity contribution in [1.82, 2.24) is 0 Å². The van der Waals surface area contributed by atoms with Gasteiger partial charge in [-0.3, -0.25) is 28.8 Å². The van der Waals surface area contributed by atoms with Crippen LogP contribution in [0.25, 0.3) is 32.3 Å². The molecule has 0 aliphatic carbocycles. The van der Waals surface area contributed by atoms with Gasteiger partial charge in [-0.05, 0) is 185 Å². The smallest absolute Gasteiger partial charge is 0.265 e. The van der Waals surface area contributed by atoms with Gasteiger partial charge >= 0.3 is 0 Å². The number of rotatable bonds is 9. The molecule has 0 saturated carbocycles. The summed E-state index contributed by atoms with van der Waals surface area (Å²) in [6, 6.07) is 50.3. The Kier molecular flexibility index (Phi) is 11.8. The summed E-state index contributed by atoms with van der Waals surface area (Å²) in [6.45, 7) is 5.57. The first-order valence-corrected chi connectivity index (χ1v) is 28.9. The van der Waals surface area contributed by atoms with Gasteiger partial charge in [-0.1, -0.05) is 36.4 Å². The van der Waals surface area contributed by atoms with Crippen LogP contribution in [0.2, 0.25) is 0 Å². The molecule has 3 saturated heterocycles. The number of nitrogens with zero attached hydrogens (tertiary/aromatic N) is 7. The third-order valence-corrected chi connectivity index (χ3v) is 17.8. The van der Waals surface area contributed by atoms with Crippen LogP contribution in [-0.4, -0.2) is 74.7 Å². The van der Waals surface area contributed by atoms with Crippen LogP contribution < -0.4 is 34.3 Å². The van der Waals surface area contributed by atoms with Gasteiger partial charge in [-0.25, -0.2) is 14.7 Å². The molecule has 6 aliphatic heterocycles. The summed E-state index contributed by atoms with van der Waals surface area (Å²) in [7, 11) is 0. The number of imide groups is 3. The van der Waals surface area contributed by atoms with Crippen LogP contribution in [-0.2, 0) is 0 Å². The van der Waals surface area contributed by atoms with Gasteiger partial charge < -0.3 is 19.6 Å². The molecule has 9 aromatic rings. The van der Waals surface area contributed by atoms with Crippen LogP contribution in [0.5, 0.6) is 0 Å². The molecule has 6 heterocycles. The first-order chi connectivity index (χ1) is 40.2. The van der Waals surface area contributed by atoms with E-state index in [1.807, 2.05) is 114 Å². The normalized spacial score (nSPS) is 17.3. The van der Waals surface area contributed by atoms with Crippen LogP contribution in [0.15, 0.2) is 164 Å². The Balaban J connectivity index is 0.776. The van der Waals surface area contributed by atoms with Crippen LogP contribution in [0.4, 0.5) is 51.2 Å². The van der Waals surface area contributed by atoms with Gasteiger partial charge in [0.25, 0.3) is 35.4 Å². The van der Waals surface area contributed by atoms with E-state index in [1.165, 1.54) is 34.0 Å². The van der Waals surface area contributed by atoms with Crippen LogP contribution >= 0.6 is 0 Å². The monoisotopic (exact) mass is 1080 g/mol. The number of carbonyl (C=O) groups excluding carboxylic acids is 6. The maximum Gasteiger partial charge on any atom is 0.265 e. The Bertz CT molecular complexity index is 3700. The lowest BCUT2D eigenvalue weighted by Crippen LogP contribution is -2.40. The Labute approximate surface area is 474 Å². The zero-order valence-corrected chi connectivity index (χ0v) is 45.3. The summed E-state index contributed by atoms with van der Waals surface area (Å²) < 4.78 is 0. The number of anilines is 9. The van der Waals surface area contributed by atoms with E-state index in [-0.39, 0.29) is 0 Å². The van der Waals surface area contributed by atoms with Gasteiger partial charge in [0.15, 0.2) is 0 Å². The maximum atomic E-state index is 14.6. The molecule has 0 aromatic heterocycles. The predicted molar refractivity (Wildman–Crippen MR) is 325 cm³/mol. The topological polar surface area (TPSA) is 125 Å². The minimum Gasteiger partial charge on any atom is -0.371 e. The van der Waals surface area contributed by atoms with Crippen molar-refractivity contribution in [1.29, 1.82) is 0 Å². The van der Waals surface area contributed by atoms with E-state index in [9.17, 15) is 28.8 Å². The van der Waals surface area contributed by atoms with Crippen molar-refractivity contribution < 1.29 is 28.8 Å². The van der Waals surface area contributed by atoms with Gasteiger partial charge in [0.1, 0.15) is 0 Å². The molecule has 0 atom stereocenters. The van der Waals surface area contributed by atoms with Crippen molar-refractivity contribution in [3.8, 4) is 0 Å². The third kappa shape index (κ3) is 7.73. The number of hydrogen-bond donors (Lipinski definition) is 0. The summed E-state index contributed by atoms with van der Waals surface area (Å²) in [5, 5.41) is 4.74. The zero-order valence-electron chi connectivity index (χ0n) is 45.3. The molecule has 0 N–H and O–H groups in total. The highest BCUT2D eigenvalue weighted by Gasteiger charge is 2.39. The molecule has 0 radical (unpaired) electrons. The lowest BCUT2D eigenvalue weighted by Gasteiger charge is -2.33. The molecule has 13 nitrogen and oxygen atoms in total. The van der Waals surface area contributed by atoms with Crippen LogP contribution in [0, 0.1) is 0 Å². The number of benzene rings is 9. The second kappa shape index (κ2) is 19.6. The van der Waals surface area contributed by atoms with Gasteiger partial charge in [-0.2, -0.15) is 0 Å². The van der Waals surface area contributed by atoms with Crippen molar-refractivity contribution >= 4 is 119 Å². The summed E-state index contributed by atoms with van der Waals surface area (Å²) in [4.78, 5) is 100. The van der Waals surface area contributed by atoms with Crippen molar-refractivity contribution in [2.75, 3.05) is 73.6 Å². The highest BCUT2D eigenvalue weighted by molar-refractivity contribution is 6.39. The Morgan fingerprint density at radius 3 is 0.756 bits per heavy atom. The molecule has 404 valence electrons. The average molecular weight is 1080 g/mol. The first kappa shape index (κ1) is 49.4. The predicted octanol–water partition coefficient (Wildman–Crippen LogP) is 14.0. The van der Waals surface area contributed by atoms with E-state index in [0.29, 0.717) is 83.7 Å². The zero-order chi connectivity index (χ0) is 55.3. The summed E-state index contributed by atoms with van der Waals surface area (Å²) in [5.74, 6) is -2.41. The fourth-order valence-electron chi connectivity index (χ4n) is 13.9. The number of piperidine rings is 3. The van der Waals surface area contributed by atoms with Gasteiger partial charge in [0.2, 0.25) is 0 Å². The van der Waals surface area contributed by atoms with Crippen molar-refractivity contribution in [3.63, 3.8) is 0 Å². The highest BCUT2D eigenvalue weighted by atomic mass is 16.2. The average Bonchev–Trinajstić information content (AvgIpc) is 2.68. The summed E-state index contributed by atoms with van der Waals surface area (Å²) in [5.41, 5.74) is 9.09. The second-order valence-electron chi connectivity index (χ2n) is 22.4. The molecule has 13 heteroatoms. The molecule has 0 spiro atoms. The van der Waals surface area contributed by atoms with Gasteiger partial charge in [0.05, 0.1) is 17.1 Å². The number of amides is 6. The fourth-order valence-corrected chi connectivity index (χ4v) is 13.9. The maximum absolute atomic E-state index is 14.6. The molecule has 0 unspecified atom stereocenters. The largest absolute Gasteiger partial charge is 0.371 e. The van der Waals surface area contributed by atoms with E-state index in [2.05, 4.69) is 14.7 Å². The van der Waals surface area contributed by atoms with E-state index in [0.717, 1.165) is 111 Å². The molecule has 6 aliphatic rings. The molecule has 82 heavy (non-hydrogen) atoms. The van der Waals surface area contributed by atoms with E-state index in [4.69, 9.17) is 0 Å². The second-order valence-corrected chi connectivity index (χ2v) is 22.4. The molecule has 3 fully saturated rings. The lowest BCUT2D eigenvalue weighted by molar-refractivity contribution is 0.0877. The number of hydrogen-bond acceptors (Lipinski definition) is 10. The Morgan fingerprint density at radius 1 is 0.256 bits per heavy atom. The molecule has 0 bridgehead atoms.